The van der Waals surface area contributed by atoms with Gasteiger partial charge in [0.15, 0.2) is 5.82 Å². The number of tetrazole rings is 1. The summed E-state index contributed by atoms with van der Waals surface area (Å²) in [6, 6.07) is -0.447. The van der Waals surface area contributed by atoms with Gasteiger partial charge in [0.2, 0.25) is 11.8 Å². The molecule has 0 saturated carbocycles. The van der Waals surface area contributed by atoms with E-state index >= 15 is 0 Å². The molecule has 0 aromatic carbocycles. The van der Waals surface area contributed by atoms with Gasteiger partial charge in [-0.25, -0.2) is 0 Å². The number of imide groups is 1. The van der Waals surface area contributed by atoms with E-state index in [1.54, 1.807) is 6.92 Å². The van der Waals surface area contributed by atoms with E-state index in [2.05, 4.69) is 20.6 Å². The second-order valence-corrected chi connectivity index (χ2v) is 3.81. The number of hydrogen-bond acceptors (Lipinski definition) is 5. The lowest BCUT2D eigenvalue weighted by Crippen LogP contribution is -2.37. The second-order valence-electron chi connectivity index (χ2n) is 3.81. The van der Waals surface area contributed by atoms with Gasteiger partial charge in [-0.2, -0.15) is 5.21 Å². The van der Waals surface area contributed by atoms with Crippen LogP contribution in [0, 0.1) is 0 Å². The summed E-state index contributed by atoms with van der Waals surface area (Å²) in [7, 11) is 0. The summed E-state index contributed by atoms with van der Waals surface area (Å²) in [6.45, 7) is 1.73. The van der Waals surface area contributed by atoms with Crippen molar-refractivity contribution >= 4 is 11.8 Å². The Labute approximate surface area is 92.2 Å². The maximum atomic E-state index is 11.8. The molecule has 16 heavy (non-hydrogen) atoms. The van der Waals surface area contributed by atoms with Crippen molar-refractivity contribution in [3.63, 3.8) is 0 Å². The average Bonchev–Trinajstić information content (AvgIpc) is 2.72. The molecule has 1 aliphatic heterocycles. The fourth-order valence-corrected chi connectivity index (χ4v) is 1.83. The number of hydrogen-bond donors (Lipinski definition) is 1. The quantitative estimate of drug-likeness (QED) is 0.722. The molecule has 2 heterocycles. The molecule has 0 bridgehead atoms. The van der Waals surface area contributed by atoms with Crippen LogP contribution in [0.2, 0.25) is 0 Å². The van der Waals surface area contributed by atoms with Gasteiger partial charge in [0, 0.05) is 12.8 Å². The lowest BCUT2D eigenvalue weighted by atomic mass is 10.2. The number of H-pyrrole nitrogens is 1. The first-order valence-corrected chi connectivity index (χ1v) is 5.28. The van der Waals surface area contributed by atoms with Gasteiger partial charge in [0.1, 0.15) is 6.04 Å². The molecule has 7 nitrogen and oxygen atoms in total. The van der Waals surface area contributed by atoms with Crippen molar-refractivity contribution in [2.75, 3.05) is 0 Å². The minimum Gasteiger partial charge on any atom is -0.274 e. The average molecular weight is 223 g/mol. The molecule has 1 unspecified atom stereocenters. The molecule has 1 N–H and O–H groups in total. The zero-order valence-electron chi connectivity index (χ0n) is 9.01. The number of aromatic amines is 1. The Morgan fingerprint density at radius 2 is 1.88 bits per heavy atom. The van der Waals surface area contributed by atoms with Crippen LogP contribution in [0.5, 0.6) is 0 Å². The number of amides is 2. The first-order valence-electron chi connectivity index (χ1n) is 5.28. The first kappa shape index (κ1) is 10.7. The highest BCUT2D eigenvalue weighted by molar-refractivity contribution is 5.96. The Morgan fingerprint density at radius 3 is 2.38 bits per heavy atom. The molecule has 86 valence electrons. The highest BCUT2D eigenvalue weighted by atomic mass is 16.2. The number of aromatic nitrogens is 4. The minimum absolute atomic E-state index is 0.153. The summed E-state index contributed by atoms with van der Waals surface area (Å²) in [5, 5.41) is 13.3. The SMILES string of the molecule is CC(c1nn[nH]n1)N1C(=O)CCCCC1=O. The second kappa shape index (κ2) is 4.38. The van der Waals surface area contributed by atoms with Crippen molar-refractivity contribution in [3.8, 4) is 0 Å². The third kappa shape index (κ3) is 1.93. The van der Waals surface area contributed by atoms with Crippen LogP contribution in [-0.4, -0.2) is 37.3 Å². The molecule has 0 radical (unpaired) electrons. The molecule has 0 aliphatic carbocycles. The molecular weight excluding hydrogens is 210 g/mol. The summed E-state index contributed by atoms with van der Waals surface area (Å²) in [6.07, 6.45) is 2.35. The van der Waals surface area contributed by atoms with Crippen molar-refractivity contribution in [1.29, 1.82) is 0 Å². The zero-order valence-corrected chi connectivity index (χ0v) is 9.01. The predicted molar refractivity (Wildman–Crippen MR) is 52.9 cm³/mol. The van der Waals surface area contributed by atoms with Gasteiger partial charge in [-0.05, 0) is 19.8 Å². The van der Waals surface area contributed by atoms with Crippen LogP contribution in [0.25, 0.3) is 0 Å². The molecule has 2 rings (SSSR count). The topological polar surface area (TPSA) is 91.8 Å². The molecule has 0 spiro atoms. The first-order chi connectivity index (χ1) is 7.70. The third-order valence-corrected chi connectivity index (χ3v) is 2.69. The lowest BCUT2D eigenvalue weighted by Gasteiger charge is -2.23. The molecule has 1 aromatic rings. The lowest BCUT2D eigenvalue weighted by molar-refractivity contribution is -0.146. The van der Waals surface area contributed by atoms with Crippen molar-refractivity contribution in [2.24, 2.45) is 0 Å². The monoisotopic (exact) mass is 223 g/mol. The summed E-state index contributed by atoms with van der Waals surface area (Å²) in [5.74, 6) is 0.0585. The van der Waals surface area contributed by atoms with E-state index in [0.29, 0.717) is 18.7 Å². The van der Waals surface area contributed by atoms with Gasteiger partial charge in [0.25, 0.3) is 0 Å². The maximum absolute atomic E-state index is 11.8. The summed E-state index contributed by atoms with van der Waals surface area (Å²) in [4.78, 5) is 24.8. The van der Waals surface area contributed by atoms with E-state index < -0.39 is 6.04 Å². The zero-order chi connectivity index (χ0) is 11.5. The number of carbonyl (C=O) groups is 2. The van der Waals surface area contributed by atoms with Crippen molar-refractivity contribution < 1.29 is 9.59 Å². The molecule has 7 heteroatoms. The summed E-state index contributed by atoms with van der Waals surface area (Å²) in [5.41, 5.74) is 0. The van der Waals surface area contributed by atoms with Crippen LogP contribution in [0.3, 0.4) is 0 Å². The molecule has 1 aliphatic rings. The summed E-state index contributed by atoms with van der Waals surface area (Å²) < 4.78 is 0. The van der Waals surface area contributed by atoms with Gasteiger partial charge in [-0.15, -0.1) is 10.2 Å². The van der Waals surface area contributed by atoms with E-state index in [9.17, 15) is 9.59 Å². The van der Waals surface area contributed by atoms with Crippen molar-refractivity contribution in [3.05, 3.63) is 5.82 Å². The van der Waals surface area contributed by atoms with E-state index in [1.807, 2.05) is 0 Å². The smallest absolute Gasteiger partial charge is 0.229 e. The van der Waals surface area contributed by atoms with Crippen LogP contribution < -0.4 is 0 Å². The van der Waals surface area contributed by atoms with Gasteiger partial charge in [0.05, 0.1) is 0 Å². The number of carbonyl (C=O) groups excluding carboxylic acids is 2. The molecule has 1 saturated heterocycles. The Kier molecular flexibility index (Phi) is 2.93. The fraction of sp³-hybridized carbons (Fsp3) is 0.667. The van der Waals surface area contributed by atoms with Crippen molar-refractivity contribution in [1.82, 2.24) is 25.5 Å². The Morgan fingerprint density at radius 1 is 1.25 bits per heavy atom. The number of nitrogens with one attached hydrogen (secondary N) is 1. The van der Waals surface area contributed by atoms with E-state index in [1.165, 1.54) is 4.90 Å². The van der Waals surface area contributed by atoms with Gasteiger partial charge < -0.3 is 0 Å². The number of nitrogens with zero attached hydrogens (tertiary/aromatic N) is 4. The van der Waals surface area contributed by atoms with Crippen LogP contribution in [-0.2, 0) is 9.59 Å². The fourth-order valence-electron chi connectivity index (χ4n) is 1.83. The van der Waals surface area contributed by atoms with E-state index in [4.69, 9.17) is 0 Å². The molecule has 2 amide bonds. The molecule has 1 atom stereocenters. The number of rotatable bonds is 2. The normalized spacial score (nSPS) is 19.7. The van der Waals surface area contributed by atoms with Gasteiger partial charge in [-0.3, -0.25) is 14.5 Å². The van der Waals surface area contributed by atoms with E-state index in [0.717, 1.165) is 12.8 Å². The van der Waals surface area contributed by atoms with Crippen LogP contribution >= 0.6 is 0 Å². The molecular formula is C9H13N5O2. The molecule has 1 aromatic heterocycles. The Bertz CT molecular complexity index is 371. The Hall–Kier alpha value is -1.79. The third-order valence-electron chi connectivity index (χ3n) is 2.69. The predicted octanol–water partition coefficient (Wildman–Crippen LogP) is 0.190. The van der Waals surface area contributed by atoms with Gasteiger partial charge in [-0.1, -0.05) is 5.21 Å². The van der Waals surface area contributed by atoms with E-state index in [-0.39, 0.29) is 11.8 Å². The minimum atomic E-state index is -0.447. The Balaban J connectivity index is 2.22. The maximum Gasteiger partial charge on any atom is 0.229 e. The highest BCUT2D eigenvalue weighted by Gasteiger charge is 2.31. The van der Waals surface area contributed by atoms with Crippen LogP contribution in [0.1, 0.15) is 44.5 Å². The molecule has 1 fully saturated rings. The van der Waals surface area contributed by atoms with Crippen LogP contribution in [0.4, 0.5) is 0 Å². The van der Waals surface area contributed by atoms with Crippen molar-refractivity contribution in [2.45, 2.75) is 38.6 Å². The highest BCUT2D eigenvalue weighted by Crippen LogP contribution is 2.22. The largest absolute Gasteiger partial charge is 0.274 e. The van der Waals surface area contributed by atoms with Crippen LogP contribution in [0.15, 0.2) is 0 Å². The number of likely N-dealkylation sites (tertiary alicyclic amines) is 1. The summed E-state index contributed by atoms with van der Waals surface area (Å²) >= 11 is 0. The van der Waals surface area contributed by atoms with Gasteiger partial charge >= 0.3 is 0 Å². The standard InChI is InChI=1S/C9H13N5O2/c1-6(9-10-12-13-11-9)14-7(15)4-2-3-5-8(14)16/h6H,2-5H2,1H3,(H,10,11,12,13).